The molecule has 0 spiro atoms. The van der Waals surface area contributed by atoms with Gasteiger partial charge in [-0.1, -0.05) is 18.2 Å². The van der Waals surface area contributed by atoms with Crippen LogP contribution in [0.2, 0.25) is 0 Å². The average molecular weight is 431 g/mol. The molecule has 8 heteroatoms. The third-order valence-corrected chi connectivity index (χ3v) is 7.22. The molecule has 0 amide bonds. The van der Waals surface area contributed by atoms with E-state index < -0.39 is 15.8 Å². The standard InChI is InChI=1S/C22H23FN2O4S/c1-15-4-2-5-16-12-17(22(26)24-21(15)16)13-25(14-19-6-3-11-29-19)30(27,28)20-9-7-18(23)8-10-20/h2,4-5,7-10,12,19H,3,6,11,13-14H2,1H3,(H,24,26)/t19-/m0/s1. The highest BCUT2D eigenvalue weighted by Crippen LogP contribution is 2.23. The second-order valence-electron chi connectivity index (χ2n) is 7.55. The topological polar surface area (TPSA) is 79.5 Å². The van der Waals surface area contributed by atoms with Crippen LogP contribution in [0.25, 0.3) is 10.9 Å². The lowest BCUT2D eigenvalue weighted by Gasteiger charge is -2.25. The summed E-state index contributed by atoms with van der Waals surface area (Å²) in [5.41, 5.74) is 1.69. The molecule has 0 bridgehead atoms. The fourth-order valence-electron chi connectivity index (χ4n) is 3.75. The fourth-order valence-corrected chi connectivity index (χ4v) is 5.20. The predicted octanol–water partition coefficient (Wildman–Crippen LogP) is 3.35. The van der Waals surface area contributed by atoms with Crippen LogP contribution in [-0.2, 0) is 21.3 Å². The first-order chi connectivity index (χ1) is 14.3. The maximum absolute atomic E-state index is 13.3. The van der Waals surface area contributed by atoms with Crippen molar-refractivity contribution in [2.45, 2.75) is 37.3 Å². The second kappa shape index (κ2) is 8.29. The number of para-hydroxylation sites is 1. The lowest BCUT2D eigenvalue weighted by Crippen LogP contribution is -2.38. The molecule has 0 unspecified atom stereocenters. The Morgan fingerprint density at radius 3 is 2.67 bits per heavy atom. The van der Waals surface area contributed by atoms with Crippen LogP contribution >= 0.6 is 0 Å². The summed E-state index contributed by atoms with van der Waals surface area (Å²) in [7, 11) is -3.95. The highest BCUT2D eigenvalue weighted by molar-refractivity contribution is 7.89. The highest BCUT2D eigenvalue weighted by Gasteiger charge is 2.30. The van der Waals surface area contributed by atoms with Gasteiger partial charge in [-0.05, 0) is 61.0 Å². The van der Waals surface area contributed by atoms with Gasteiger partial charge in [0.05, 0.1) is 16.5 Å². The van der Waals surface area contributed by atoms with Crippen molar-refractivity contribution in [2.24, 2.45) is 0 Å². The van der Waals surface area contributed by atoms with E-state index in [-0.39, 0.29) is 29.6 Å². The highest BCUT2D eigenvalue weighted by atomic mass is 32.2. The summed E-state index contributed by atoms with van der Waals surface area (Å²) in [5.74, 6) is -0.513. The number of nitrogens with zero attached hydrogens (tertiary/aromatic N) is 1. The summed E-state index contributed by atoms with van der Waals surface area (Å²) in [6.45, 7) is 2.52. The number of nitrogens with one attached hydrogen (secondary N) is 1. The number of ether oxygens (including phenoxy) is 1. The molecule has 6 nitrogen and oxygen atoms in total. The molecule has 4 rings (SSSR count). The van der Waals surface area contributed by atoms with Gasteiger partial charge in [0.15, 0.2) is 0 Å². The first-order valence-electron chi connectivity index (χ1n) is 9.83. The van der Waals surface area contributed by atoms with Crippen LogP contribution in [0.5, 0.6) is 0 Å². The van der Waals surface area contributed by atoms with E-state index in [1.807, 2.05) is 25.1 Å². The van der Waals surface area contributed by atoms with Gasteiger partial charge in [0, 0.05) is 25.3 Å². The van der Waals surface area contributed by atoms with E-state index in [9.17, 15) is 17.6 Å². The van der Waals surface area contributed by atoms with E-state index in [0.717, 1.165) is 41.4 Å². The van der Waals surface area contributed by atoms with Gasteiger partial charge in [-0.25, -0.2) is 12.8 Å². The zero-order valence-electron chi connectivity index (χ0n) is 16.6. The Bertz CT molecular complexity index is 1220. The first-order valence-corrected chi connectivity index (χ1v) is 11.3. The zero-order valence-corrected chi connectivity index (χ0v) is 17.4. The largest absolute Gasteiger partial charge is 0.377 e. The monoisotopic (exact) mass is 430 g/mol. The molecule has 1 fully saturated rings. The van der Waals surface area contributed by atoms with Crippen molar-refractivity contribution in [2.75, 3.05) is 13.2 Å². The molecule has 1 aliphatic heterocycles. The number of aryl methyl sites for hydroxylation is 1. The number of sulfonamides is 1. The van der Waals surface area contributed by atoms with Crippen LogP contribution in [0, 0.1) is 12.7 Å². The summed E-state index contributed by atoms with van der Waals surface area (Å²) in [6.07, 6.45) is 1.38. The van der Waals surface area contributed by atoms with Gasteiger partial charge in [-0.2, -0.15) is 4.31 Å². The van der Waals surface area contributed by atoms with Crippen molar-refractivity contribution >= 4 is 20.9 Å². The minimum absolute atomic E-state index is 0.0186. The molecule has 0 aliphatic carbocycles. The van der Waals surface area contributed by atoms with Gasteiger partial charge in [-0.15, -0.1) is 0 Å². The lowest BCUT2D eigenvalue weighted by atomic mass is 10.1. The number of halogens is 1. The molecule has 0 radical (unpaired) electrons. The number of aromatic amines is 1. The first kappa shape index (κ1) is 20.7. The molecule has 1 aromatic heterocycles. The number of benzene rings is 2. The molecule has 30 heavy (non-hydrogen) atoms. The molecule has 1 aliphatic rings. The van der Waals surface area contributed by atoms with Gasteiger partial charge >= 0.3 is 0 Å². The molecular formula is C22H23FN2O4S. The van der Waals surface area contributed by atoms with Crippen molar-refractivity contribution < 1.29 is 17.5 Å². The van der Waals surface area contributed by atoms with E-state index in [1.54, 1.807) is 6.07 Å². The Hall–Kier alpha value is -2.55. The Kier molecular flexibility index (Phi) is 5.73. The van der Waals surface area contributed by atoms with Crippen molar-refractivity contribution in [3.63, 3.8) is 0 Å². The fraction of sp³-hybridized carbons (Fsp3) is 0.318. The quantitative estimate of drug-likeness (QED) is 0.651. The minimum Gasteiger partial charge on any atom is -0.377 e. The van der Waals surface area contributed by atoms with Gasteiger partial charge in [0.25, 0.3) is 5.56 Å². The lowest BCUT2D eigenvalue weighted by molar-refractivity contribution is 0.0925. The van der Waals surface area contributed by atoms with E-state index in [1.165, 1.54) is 16.4 Å². The van der Waals surface area contributed by atoms with E-state index in [2.05, 4.69) is 4.98 Å². The molecule has 1 atom stereocenters. The Balaban J connectivity index is 1.73. The van der Waals surface area contributed by atoms with E-state index >= 15 is 0 Å². The van der Waals surface area contributed by atoms with Crippen molar-refractivity contribution in [1.29, 1.82) is 0 Å². The molecule has 1 N–H and O–H groups in total. The average Bonchev–Trinajstić information content (AvgIpc) is 3.22. The van der Waals surface area contributed by atoms with Crippen LogP contribution < -0.4 is 5.56 Å². The number of hydrogen-bond donors (Lipinski definition) is 1. The molecule has 158 valence electrons. The van der Waals surface area contributed by atoms with Crippen LogP contribution in [0.1, 0.15) is 24.0 Å². The summed E-state index contributed by atoms with van der Waals surface area (Å²) in [4.78, 5) is 15.6. The number of pyridine rings is 1. The third-order valence-electron chi connectivity index (χ3n) is 5.39. The van der Waals surface area contributed by atoms with Gasteiger partial charge in [0.1, 0.15) is 5.82 Å². The number of aromatic nitrogens is 1. The van der Waals surface area contributed by atoms with E-state index in [0.29, 0.717) is 12.2 Å². The predicted molar refractivity (Wildman–Crippen MR) is 112 cm³/mol. The third kappa shape index (κ3) is 4.16. The van der Waals surface area contributed by atoms with Crippen LogP contribution in [0.3, 0.4) is 0 Å². The number of H-pyrrole nitrogens is 1. The molecule has 3 aromatic rings. The number of hydrogen-bond acceptors (Lipinski definition) is 4. The molecule has 2 heterocycles. The summed E-state index contributed by atoms with van der Waals surface area (Å²) in [5, 5.41) is 0.834. The normalized spacial score (nSPS) is 17.1. The van der Waals surface area contributed by atoms with Crippen LogP contribution in [0.15, 0.2) is 58.2 Å². The summed E-state index contributed by atoms with van der Waals surface area (Å²) >= 11 is 0. The van der Waals surface area contributed by atoms with Crippen molar-refractivity contribution in [1.82, 2.24) is 9.29 Å². The van der Waals surface area contributed by atoms with Crippen molar-refractivity contribution in [3.8, 4) is 0 Å². The summed E-state index contributed by atoms with van der Waals surface area (Å²) in [6, 6.07) is 12.1. The Morgan fingerprint density at radius 2 is 1.97 bits per heavy atom. The smallest absolute Gasteiger partial charge is 0.252 e. The SMILES string of the molecule is Cc1cccc2cc(CN(C[C@@H]3CCCO3)S(=O)(=O)c3ccc(F)cc3)c(=O)[nH]c12. The molecule has 0 saturated carbocycles. The van der Waals surface area contributed by atoms with Crippen molar-refractivity contribution in [3.05, 3.63) is 75.8 Å². The van der Waals surface area contributed by atoms with Crippen LogP contribution in [-0.4, -0.2) is 37.0 Å². The number of fused-ring (bicyclic) bond motifs is 1. The maximum atomic E-state index is 13.3. The molecule has 2 aromatic carbocycles. The van der Waals surface area contributed by atoms with Gasteiger partial charge in [0.2, 0.25) is 10.0 Å². The molecular weight excluding hydrogens is 407 g/mol. The Morgan fingerprint density at radius 1 is 1.20 bits per heavy atom. The number of rotatable bonds is 6. The van der Waals surface area contributed by atoms with Crippen LogP contribution in [0.4, 0.5) is 4.39 Å². The maximum Gasteiger partial charge on any atom is 0.252 e. The Labute approximate surface area is 174 Å². The molecule has 1 saturated heterocycles. The minimum atomic E-state index is -3.95. The van der Waals surface area contributed by atoms with Gasteiger partial charge in [-0.3, -0.25) is 4.79 Å². The second-order valence-corrected chi connectivity index (χ2v) is 9.49. The van der Waals surface area contributed by atoms with Gasteiger partial charge < -0.3 is 9.72 Å². The zero-order chi connectivity index (χ0) is 21.3. The van der Waals surface area contributed by atoms with E-state index in [4.69, 9.17) is 4.74 Å². The summed E-state index contributed by atoms with van der Waals surface area (Å²) < 4.78 is 46.8.